The number of esters is 1. The van der Waals surface area contributed by atoms with Gasteiger partial charge in [-0.3, -0.25) is 4.79 Å². The Morgan fingerprint density at radius 3 is 2.59 bits per heavy atom. The summed E-state index contributed by atoms with van der Waals surface area (Å²) in [4.78, 5) is 25.2. The van der Waals surface area contributed by atoms with E-state index in [1.165, 1.54) is 7.11 Å². The van der Waals surface area contributed by atoms with Crippen LogP contribution in [-0.4, -0.2) is 47.0 Å². The van der Waals surface area contributed by atoms with E-state index in [4.69, 9.17) is 4.74 Å². The fraction of sp³-hybridized carbons (Fsp3) is 0.833. The third kappa shape index (κ3) is 4.22. The van der Waals surface area contributed by atoms with Crippen LogP contribution in [0.2, 0.25) is 0 Å². The van der Waals surface area contributed by atoms with Crippen molar-refractivity contribution >= 4 is 23.6 Å². The summed E-state index contributed by atoms with van der Waals surface area (Å²) >= 11 is 1.61. The lowest BCUT2D eigenvalue weighted by Gasteiger charge is -2.24. The predicted octanol–water partition coefficient (Wildman–Crippen LogP) is 1.68. The number of hydrogen-bond acceptors (Lipinski definition) is 4. The van der Waals surface area contributed by atoms with Crippen LogP contribution in [0.25, 0.3) is 0 Å². The van der Waals surface area contributed by atoms with E-state index in [0.717, 1.165) is 12.8 Å². The molecule has 1 atom stereocenters. The fourth-order valence-electron chi connectivity index (χ4n) is 1.81. The van der Waals surface area contributed by atoms with Gasteiger partial charge < -0.3 is 9.64 Å². The van der Waals surface area contributed by atoms with Crippen molar-refractivity contribution in [1.29, 1.82) is 0 Å². The molecule has 98 valence electrons. The molecule has 1 heterocycles. The Hall–Kier alpha value is -0.710. The Balaban J connectivity index is 2.53. The quantitative estimate of drug-likeness (QED) is 0.724. The topological polar surface area (TPSA) is 46.6 Å². The molecule has 0 aromatic rings. The number of ether oxygens (including phenoxy) is 1. The number of amides is 1. The van der Waals surface area contributed by atoms with E-state index >= 15 is 0 Å². The van der Waals surface area contributed by atoms with E-state index in [2.05, 4.69) is 20.8 Å². The molecule has 0 N–H and O–H groups in total. The zero-order valence-electron chi connectivity index (χ0n) is 11.0. The molecule has 1 saturated heterocycles. The van der Waals surface area contributed by atoms with Crippen molar-refractivity contribution in [3.63, 3.8) is 0 Å². The first-order valence-electron chi connectivity index (χ1n) is 5.86. The number of carbonyl (C=O) groups is 2. The summed E-state index contributed by atoms with van der Waals surface area (Å²) in [6.07, 6.45) is 1.60. The SMILES string of the molecule is COC(=O)C1CCCN1C(=O)CSC(C)(C)C. The molecule has 5 heteroatoms. The molecule has 0 radical (unpaired) electrons. The molecule has 0 aromatic carbocycles. The smallest absolute Gasteiger partial charge is 0.328 e. The van der Waals surface area contributed by atoms with Crippen molar-refractivity contribution in [2.24, 2.45) is 0 Å². The molecular weight excluding hydrogens is 238 g/mol. The van der Waals surface area contributed by atoms with Crippen LogP contribution in [0.4, 0.5) is 0 Å². The fourth-order valence-corrected chi connectivity index (χ4v) is 2.53. The second-order valence-corrected chi connectivity index (χ2v) is 6.97. The molecule has 0 saturated carbocycles. The minimum Gasteiger partial charge on any atom is -0.467 e. The molecule has 1 rings (SSSR count). The third-order valence-electron chi connectivity index (χ3n) is 2.68. The van der Waals surface area contributed by atoms with Gasteiger partial charge in [-0.25, -0.2) is 4.79 Å². The predicted molar refractivity (Wildman–Crippen MR) is 69.0 cm³/mol. The van der Waals surface area contributed by atoms with Crippen LogP contribution in [0.15, 0.2) is 0 Å². The number of carbonyl (C=O) groups excluding carboxylic acids is 2. The molecule has 1 aliphatic rings. The minimum atomic E-state index is -0.368. The van der Waals surface area contributed by atoms with Gasteiger partial charge in [0.2, 0.25) is 5.91 Å². The maximum Gasteiger partial charge on any atom is 0.328 e. The first-order chi connectivity index (χ1) is 7.85. The number of hydrogen-bond donors (Lipinski definition) is 0. The first-order valence-corrected chi connectivity index (χ1v) is 6.85. The van der Waals surface area contributed by atoms with Crippen molar-refractivity contribution in [3.05, 3.63) is 0 Å². The monoisotopic (exact) mass is 259 g/mol. The van der Waals surface area contributed by atoms with Crippen LogP contribution in [0, 0.1) is 0 Å². The standard InChI is InChI=1S/C12H21NO3S/c1-12(2,3)17-8-10(14)13-7-5-6-9(13)11(15)16-4/h9H,5-8H2,1-4H3. The molecule has 0 spiro atoms. The van der Waals surface area contributed by atoms with Crippen LogP contribution in [0.3, 0.4) is 0 Å². The van der Waals surface area contributed by atoms with E-state index in [9.17, 15) is 9.59 Å². The lowest BCUT2D eigenvalue weighted by atomic mass is 10.2. The van der Waals surface area contributed by atoms with Gasteiger partial charge in [0, 0.05) is 11.3 Å². The Morgan fingerprint density at radius 1 is 1.41 bits per heavy atom. The van der Waals surface area contributed by atoms with Crippen LogP contribution in [0.5, 0.6) is 0 Å². The molecular formula is C12H21NO3S. The van der Waals surface area contributed by atoms with Gasteiger partial charge in [0.25, 0.3) is 0 Å². The number of nitrogens with zero attached hydrogens (tertiary/aromatic N) is 1. The molecule has 0 aliphatic carbocycles. The molecule has 0 aromatic heterocycles. The Bertz CT molecular complexity index is 299. The average molecular weight is 259 g/mol. The summed E-state index contributed by atoms with van der Waals surface area (Å²) in [5, 5.41) is 0. The summed E-state index contributed by atoms with van der Waals surface area (Å²) in [5.41, 5.74) is 0. The second kappa shape index (κ2) is 5.76. The zero-order chi connectivity index (χ0) is 13.1. The molecule has 1 aliphatic heterocycles. The summed E-state index contributed by atoms with van der Waals surface area (Å²) < 4.78 is 4.79. The van der Waals surface area contributed by atoms with E-state index in [-0.39, 0.29) is 22.7 Å². The highest BCUT2D eigenvalue weighted by molar-refractivity contribution is 8.01. The summed E-state index contributed by atoms with van der Waals surface area (Å²) in [6.45, 7) is 6.90. The highest BCUT2D eigenvalue weighted by Crippen LogP contribution is 2.25. The molecule has 17 heavy (non-hydrogen) atoms. The van der Waals surface area contributed by atoms with Crippen molar-refractivity contribution in [2.75, 3.05) is 19.4 Å². The number of methoxy groups -OCH3 is 1. The van der Waals surface area contributed by atoms with Crippen molar-refractivity contribution in [1.82, 2.24) is 4.90 Å². The second-order valence-electron chi connectivity index (χ2n) is 5.17. The maximum atomic E-state index is 12.0. The number of likely N-dealkylation sites (tertiary alicyclic amines) is 1. The summed E-state index contributed by atoms with van der Waals surface area (Å²) in [5.74, 6) is 0.172. The Kier molecular flexibility index (Phi) is 4.86. The highest BCUT2D eigenvalue weighted by atomic mass is 32.2. The van der Waals surface area contributed by atoms with E-state index in [0.29, 0.717) is 12.3 Å². The van der Waals surface area contributed by atoms with Crippen LogP contribution < -0.4 is 0 Å². The first kappa shape index (κ1) is 14.4. The lowest BCUT2D eigenvalue weighted by molar-refractivity contribution is -0.150. The lowest BCUT2D eigenvalue weighted by Crippen LogP contribution is -2.42. The van der Waals surface area contributed by atoms with E-state index in [1.54, 1.807) is 16.7 Å². The van der Waals surface area contributed by atoms with Gasteiger partial charge in [-0.15, -0.1) is 11.8 Å². The number of rotatable bonds is 3. The van der Waals surface area contributed by atoms with Crippen molar-refractivity contribution < 1.29 is 14.3 Å². The van der Waals surface area contributed by atoms with E-state index in [1.807, 2.05) is 0 Å². The summed E-state index contributed by atoms with van der Waals surface area (Å²) in [6, 6.07) is -0.368. The number of thioether (sulfide) groups is 1. The molecule has 1 unspecified atom stereocenters. The van der Waals surface area contributed by atoms with Gasteiger partial charge in [0.1, 0.15) is 6.04 Å². The van der Waals surface area contributed by atoms with Crippen LogP contribution in [0.1, 0.15) is 33.6 Å². The zero-order valence-corrected chi connectivity index (χ0v) is 11.8. The highest BCUT2D eigenvalue weighted by Gasteiger charge is 2.34. The Labute approximate surface area is 107 Å². The van der Waals surface area contributed by atoms with Gasteiger partial charge in [-0.05, 0) is 12.8 Å². The van der Waals surface area contributed by atoms with Gasteiger partial charge in [0.05, 0.1) is 12.9 Å². The van der Waals surface area contributed by atoms with Gasteiger partial charge in [0.15, 0.2) is 0 Å². The summed E-state index contributed by atoms with van der Waals surface area (Å²) in [7, 11) is 1.37. The minimum absolute atomic E-state index is 0.0397. The Morgan fingerprint density at radius 2 is 2.06 bits per heavy atom. The molecule has 1 fully saturated rings. The molecule has 1 amide bonds. The largest absolute Gasteiger partial charge is 0.467 e. The van der Waals surface area contributed by atoms with E-state index < -0.39 is 0 Å². The normalized spacial score (nSPS) is 20.5. The third-order valence-corrected chi connectivity index (χ3v) is 3.93. The van der Waals surface area contributed by atoms with Crippen LogP contribution in [-0.2, 0) is 14.3 Å². The molecule has 4 nitrogen and oxygen atoms in total. The van der Waals surface area contributed by atoms with Gasteiger partial charge in [-0.1, -0.05) is 20.8 Å². The van der Waals surface area contributed by atoms with Crippen molar-refractivity contribution in [2.45, 2.75) is 44.4 Å². The maximum absolute atomic E-state index is 12.0. The van der Waals surface area contributed by atoms with Gasteiger partial charge >= 0.3 is 5.97 Å². The van der Waals surface area contributed by atoms with Gasteiger partial charge in [-0.2, -0.15) is 0 Å². The average Bonchev–Trinajstić information content (AvgIpc) is 2.72. The molecule has 0 bridgehead atoms. The van der Waals surface area contributed by atoms with Crippen molar-refractivity contribution in [3.8, 4) is 0 Å². The van der Waals surface area contributed by atoms with Crippen LogP contribution >= 0.6 is 11.8 Å².